The van der Waals surface area contributed by atoms with Gasteiger partial charge in [0.25, 0.3) is 0 Å². The third kappa shape index (κ3) is 3.20. The quantitative estimate of drug-likeness (QED) is 0.714. The zero-order valence-corrected chi connectivity index (χ0v) is 12.1. The van der Waals surface area contributed by atoms with Gasteiger partial charge in [0.1, 0.15) is 11.6 Å². The van der Waals surface area contributed by atoms with Gasteiger partial charge in [0.15, 0.2) is 0 Å². The number of hydrogen-bond donors (Lipinski definition) is 0. The Labute approximate surface area is 121 Å². The predicted molar refractivity (Wildman–Crippen MR) is 76.8 cm³/mol. The molecule has 0 aliphatic rings. The highest BCUT2D eigenvalue weighted by molar-refractivity contribution is 6.32. The molecule has 4 heteroatoms. The SMILES string of the molecule is COc1ccc(C(Cl)c2cc(C)cc(F)c2)cc1Cl. The van der Waals surface area contributed by atoms with Crippen LogP contribution < -0.4 is 4.74 Å². The molecule has 0 amide bonds. The Hall–Kier alpha value is -1.25. The van der Waals surface area contributed by atoms with Gasteiger partial charge in [0.2, 0.25) is 0 Å². The fraction of sp³-hybridized carbons (Fsp3) is 0.200. The maximum absolute atomic E-state index is 13.4. The predicted octanol–water partition coefficient (Wildman–Crippen LogP) is 5.12. The van der Waals surface area contributed by atoms with Crippen molar-refractivity contribution < 1.29 is 9.13 Å². The third-order valence-corrected chi connectivity index (χ3v) is 3.62. The molecule has 19 heavy (non-hydrogen) atoms. The molecule has 2 aromatic carbocycles. The van der Waals surface area contributed by atoms with Crippen LogP contribution in [0.1, 0.15) is 22.1 Å². The van der Waals surface area contributed by atoms with E-state index in [-0.39, 0.29) is 5.82 Å². The summed E-state index contributed by atoms with van der Waals surface area (Å²) in [7, 11) is 1.55. The molecule has 0 N–H and O–H groups in total. The highest BCUT2D eigenvalue weighted by Gasteiger charge is 2.14. The molecule has 2 aromatic rings. The number of aryl methyl sites for hydroxylation is 1. The summed E-state index contributed by atoms with van der Waals surface area (Å²) in [5.41, 5.74) is 2.35. The molecule has 0 aliphatic carbocycles. The van der Waals surface area contributed by atoms with Crippen LogP contribution in [0.3, 0.4) is 0 Å². The summed E-state index contributed by atoms with van der Waals surface area (Å²) in [4.78, 5) is 0. The Kier molecular flexibility index (Phi) is 4.33. The van der Waals surface area contributed by atoms with Crippen molar-refractivity contribution in [3.63, 3.8) is 0 Å². The minimum absolute atomic E-state index is 0.291. The molecule has 0 spiro atoms. The lowest BCUT2D eigenvalue weighted by molar-refractivity contribution is 0.415. The summed E-state index contributed by atoms with van der Waals surface area (Å²) in [6.45, 7) is 1.83. The lowest BCUT2D eigenvalue weighted by Gasteiger charge is -2.13. The van der Waals surface area contributed by atoms with Crippen LogP contribution in [0, 0.1) is 12.7 Å². The molecule has 2 rings (SSSR count). The highest BCUT2D eigenvalue weighted by Crippen LogP contribution is 2.34. The molecule has 1 nitrogen and oxygen atoms in total. The monoisotopic (exact) mass is 298 g/mol. The molecule has 0 radical (unpaired) electrons. The summed E-state index contributed by atoms with van der Waals surface area (Å²) < 4.78 is 18.5. The average molecular weight is 299 g/mol. The largest absolute Gasteiger partial charge is 0.495 e. The standard InChI is InChI=1S/C15H13Cl2FO/c1-9-5-11(7-12(18)6-9)15(17)10-3-4-14(19-2)13(16)8-10/h3-8,15H,1-2H3. The van der Waals surface area contributed by atoms with E-state index in [0.717, 1.165) is 11.1 Å². The van der Waals surface area contributed by atoms with Crippen LogP contribution in [0.25, 0.3) is 0 Å². The first kappa shape index (κ1) is 14.2. The molecule has 0 saturated heterocycles. The number of ether oxygens (including phenoxy) is 1. The maximum atomic E-state index is 13.4. The van der Waals surface area contributed by atoms with Gasteiger partial charge in [-0.3, -0.25) is 0 Å². The Bertz CT molecular complexity index is 578. The molecular formula is C15H13Cl2FO. The summed E-state index contributed by atoms with van der Waals surface area (Å²) in [6, 6.07) is 10.1. The number of methoxy groups -OCH3 is 1. The van der Waals surface area contributed by atoms with Crippen LogP contribution >= 0.6 is 23.2 Å². The van der Waals surface area contributed by atoms with Gasteiger partial charge in [0.05, 0.1) is 17.5 Å². The van der Waals surface area contributed by atoms with Crippen LogP contribution in [0.2, 0.25) is 5.02 Å². The summed E-state index contributed by atoms with van der Waals surface area (Å²) in [5.74, 6) is 0.296. The van der Waals surface area contributed by atoms with Crippen LogP contribution in [-0.2, 0) is 0 Å². The number of halogens is 3. The number of alkyl halides is 1. The first-order valence-electron chi connectivity index (χ1n) is 5.76. The summed E-state index contributed by atoms with van der Waals surface area (Å²) >= 11 is 12.4. The van der Waals surface area contributed by atoms with Gasteiger partial charge in [-0.1, -0.05) is 23.7 Å². The topological polar surface area (TPSA) is 9.23 Å². The lowest BCUT2D eigenvalue weighted by atomic mass is 10.0. The maximum Gasteiger partial charge on any atom is 0.137 e. The van der Waals surface area contributed by atoms with Gasteiger partial charge in [-0.25, -0.2) is 4.39 Å². The Morgan fingerprint density at radius 1 is 1.11 bits per heavy atom. The van der Waals surface area contributed by atoms with E-state index in [2.05, 4.69) is 0 Å². The molecule has 0 aromatic heterocycles. The molecule has 0 fully saturated rings. The molecule has 0 aliphatic heterocycles. The fourth-order valence-corrected chi connectivity index (χ4v) is 2.47. The van der Waals surface area contributed by atoms with Crippen molar-refractivity contribution in [2.75, 3.05) is 7.11 Å². The average Bonchev–Trinajstić information content (AvgIpc) is 2.36. The van der Waals surface area contributed by atoms with Gasteiger partial charge in [-0.2, -0.15) is 0 Å². The highest BCUT2D eigenvalue weighted by atomic mass is 35.5. The number of rotatable bonds is 3. The van der Waals surface area contributed by atoms with Crippen LogP contribution in [-0.4, -0.2) is 7.11 Å². The van der Waals surface area contributed by atoms with E-state index < -0.39 is 5.38 Å². The molecule has 0 bridgehead atoms. The van der Waals surface area contributed by atoms with Crippen molar-refractivity contribution in [1.82, 2.24) is 0 Å². The number of benzene rings is 2. The molecule has 1 atom stereocenters. The first-order valence-corrected chi connectivity index (χ1v) is 6.57. The molecular weight excluding hydrogens is 286 g/mol. The second-order valence-corrected chi connectivity index (χ2v) is 5.16. The van der Waals surface area contributed by atoms with Crippen LogP contribution in [0.15, 0.2) is 36.4 Å². The van der Waals surface area contributed by atoms with Crippen molar-refractivity contribution in [2.24, 2.45) is 0 Å². The Balaban J connectivity index is 2.38. The smallest absolute Gasteiger partial charge is 0.137 e. The Morgan fingerprint density at radius 3 is 2.42 bits per heavy atom. The van der Waals surface area contributed by atoms with Crippen molar-refractivity contribution in [3.05, 3.63) is 63.9 Å². The molecule has 1 unspecified atom stereocenters. The fourth-order valence-electron chi connectivity index (χ4n) is 1.94. The van der Waals surface area contributed by atoms with Crippen LogP contribution in [0.5, 0.6) is 5.75 Å². The van der Waals surface area contributed by atoms with Gasteiger partial charge in [-0.15, -0.1) is 11.6 Å². The van der Waals surface area contributed by atoms with E-state index in [1.165, 1.54) is 12.1 Å². The van der Waals surface area contributed by atoms with E-state index in [1.807, 2.05) is 19.1 Å². The zero-order chi connectivity index (χ0) is 14.0. The van der Waals surface area contributed by atoms with Gasteiger partial charge in [-0.05, 0) is 47.9 Å². The van der Waals surface area contributed by atoms with Crippen molar-refractivity contribution in [1.29, 1.82) is 0 Å². The van der Waals surface area contributed by atoms with Gasteiger partial charge < -0.3 is 4.74 Å². The van der Waals surface area contributed by atoms with Crippen molar-refractivity contribution >= 4 is 23.2 Å². The van der Waals surface area contributed by atoms with Crippen LogP contribution in [0.4, 0.5) is 4.39 Å². The Morgan fingerprint density at radius 2 is 1.84 bits per heavy atom. The second-order valence-electron chi connectivity index (χ2n) is 4.32. The minimum Gasteiger partial charge on any atom is -0.495 e. The van der Waals surface area contributed by atoms with Crippen molar-refractivity contribution in [2.45, 2.75) is 12.3 Å². The van der Waals surface area contributed by atoms with E-state index >= 15 is 0 Å². The second kappa shape index (κ2) is 5.81. The molecule has 0 heterocycles. The lowest BCUT2D eigenvalue weighted by Crippen LogP contribution is -1.96. The van der Waals surface area contributed by atoms with E-state index in [1.54, 1.807) is 19.2 Å². The third-order valence-electron chi connectivity index (χ3n) is 2.83. The molecule has 100 valence electrons. The van der Waals surface area contributed by atoms with E-state index in [9.17, 15) is 4.39 Å². The minimum atomic E-state index is -0.446. The van der Waals surface area contributed by atoms with Gasteiger partial charge in [0, 0.05) is 0 Å². The normalized spacial score (nSPS) is 12.3. The van der Waals surface area contributed by atoms with Crippen molar-refractivity contribution in [3.8, 4) is 5.75 Å². The first-order chi connectivity index (χ1) is 9.01. The molecule has 0 saturated carbocycles. The number of hydrogen-bond acceptors (Lipinski definition) is 1. The summed E-state index contributed by atoms with van der Waals surface area (Å²) in [5, 5.41) is 0.0385. The zero-order valence-electron chi connectivity index (χ0n) is 10.6. The van der Waals surface area contributed by atoms with E-state index in [0.29, 0.717) is 16.3 Å². The van der Waals surface area contributed by atoms with Gasteiger partial charge >= 0.3 is 0 Å². The van der Waals surface area contributed by atoms with E-state index in [4.69, 9.17) is 27.9 Å². The summed E-state index contributed by atoms with van der Waals surface area (Å²) in [6.07, 6.45) is 0.